The maximum atomic E-state index is 12.3. The first-order valence-electron chi connectivity index (χ1n) is 7.80. The van der Waals surface area contributed by atoms with Crippen LogP contribution in [0.25, 0.3) is 5.65 Å². The number of rotatable bonds is 6. The van der Waals surface area contributed by atoms with Crippen molar-refractivity contribution in [2.45, 2.75) is 13.5 Å². The van der Waals surface area contributed by atoms with Gasteiger partial charge in [0.1, 0.15) is 5.65 Å². The highest BCUT2D eigenvalue weighted by Crippen LogP contribution is 2.28. The van der Waals surface area contributed by atoms with Crippen molar-refractivity contribution >= 4 is 28.8 Å². The summed E-state index contributed by atoms with van der Waals surface area (Å²) in [6.45, 7) is 2.20. The van der Waals surface area contributed by atoms with Crippen LogP contribution in [-0.4, -0.2) is 26.8 Å². The van der Waals surface area contributed by atoms with Gasteiger partial charge in [-0.15, -0.1) is 0 Å². The lowest BCUT2D eigenvalue weighted by atomic mass is 10.1. The quantitative estimate of drug-likeness (QED) is 0.527. The zero-order chi connectivity index (χ0) is 18.7. The number of aromatic nitrogens is 2. The molecule has 0 atom stereocenters. The Bertz CT molecular complexity index is 986. The van der Waals surface area contributed by atoms with Crippen LogP contribution in [0.2, 0.25) is 5.02 Å². The Balaban J connectivity index is 1.74. The van der Waals surface area contributed by atoms with Crippen molar-refractivity contribution < 1.29 is 14.5 Å². The van der Waals surface area contributed by atoms with Gasteiger partial charge in [-0.05, 0) is 31.2 Å². The van der Waals surface area contributed by atoms with E-state index in [1.54, 1.807) is 35.9 Å². The number of amides is 1. The van der Waals surface area contributed by atoms with Gasteiger partial charge in [-0.1, -0.05) is 11.6 Å². The minimum absolute atomic E-state index is 0.131. The zero-order valence-electron chi connectivity index (χ0n) is 13.8. The third-order valence-electron chi connectivity index (χ3n) is 3.62. The summed E-state index contributed by atoms with van der Waals surface area (Å²) in [5.41, 5.74) is 1.23. The van der Waals surface area contributed by atoms with Crippen molar-refractivity contribution in [3.05, 3.63) is 69.1 Å². The second-order valence-corrected chi connectivity index (χ2v) is 5.83. The molecule has 0 saturated heterocycles. The molecule has 0 fully saturated rings. The number of nitrogens with zero attached hydrogens (tertiary/aromatic N) is 3. The summed E-state index contributed by atoms with van der Waals surface area (Å²) in [7, 11) is 0. The van der Waals surface area contributed by atoms with E-state index in [-0.39, 0.29) is 23.5 Å². The topological polar surface area (TPSA) is 98.8 Å². The number of ether oxygens (including phenoxy) is 1. The molecule has 134 valence electrons. The predicted octanol–water partition coefficient (Wildman–Crippen LogP) is 3.22. The van der Waals surface area contributed by atoms with Crippen LogP contribution in [0.4, 0.5) is 5.69 Å². The summed E-state index contributed by atoms with van der Waals surface area (Å²) in [5, 5.41) is 14.4. The van der Waals surface area contributed by atoms with Gasteiger partial charge in [0.15, 0.2) is 5.75 Å². The SMILES string of the molecule is CCOc1ccc(C(=O)NCc2cn3ccc(Cl)cc3n2)cc1[N+](=O)[O-]. The maximum absolute atomic E-state index is 12.3. The van der Waals surface area contributed by atoms with Crippen LogP contribution in [0, 0.1) is 10.1 Å². The van der Waals surface area contributed by atoms with E-state index < -0.39 is 10.8 Å². The molecule has 9 heteroatoms. The van der Waals surface area contributed by atoms with Gasteiger partial charge in [0.2, 0.25) is 0 Å². The Morgan fingerprint density at radius 1 is 1.38 bits per heavy atom. The predicted molar refractivity (Wildman–Crippen MR) is 95.6 cm³/mol. The number of fused-ring (bicyclic) bond motifs is 1. The number of hydrogen-bond donors (Lipinski definition) is 1. The van der Waals surface area contributed by atoms with Crippen LogP contribution >= 0.6 is 11.6 Å². The highest BCUT2D eigenvalue weighted by molar-refractivity contribution is 6.30. The zero-order valence-corrected chi connectivity index (χ0v) is 14.6. The summed E-state index contributed by atoms with van der Waals surface area (Å²) >= 11 is 5.92. The van der Waals surface area contributed by atoms with Gasteiger partial charge < -0.3 is 14.5 Å². The van der Waals surface area contributed by atoms with Gasteiger partial charge in [-0.25, -0.2) is 4.98 Å². The molecular weight excluding hydrogens is 360 g/mol. The number of hydrogen-bond acceptors (Lipinski definition) is 5. The molecule has 2 heterocycles. The molecule has 0 aliphatic carbocycles. The maximum Gasteiger partial charge on any atom is 0.311 e. The molecule has 0 saturated carbocycles. The number of imidazole rings is 1. The molecule has 26 heavy (non-hydrogen) atoms. The molecule has 0 spiro atoms. The van der Waals surface area contributed by atoms with E-state index in [1.807, 2.05) is 0 Å². The van der Waals surface area contributed by atoms with Crippen molar-refractivity contribution in [3.8, 4) is 5.75 Å². The molecule has 0 unspecified atom stereocenters. The summed E-state index contributed by atoms with van der Waals surface area (Å²) in [5.74, 6) is -0.308. The summed E-state index contributed by atoms with van der Waals surface area (Å²) in [4.78, 5) is 27.2. The lowest BCUT2D eigenvalue weighted by Gasteiger charge is -2.07. The number of benzene rings is 1. The molecule has 2 aromatic heterocycles. The fourth-order valence-electron chi connectivity index (χ4n) is 2.45. The minimum atomic E-state index is -0.576. The Kier molecular flexibility index (Phi) is 5.04. The Morgan fingerprint density at radius 3 is 2.92 bits per heavy atom. The van der Waals surface area contributed by atoms with Crippen LogP contribution in [0.3, 0.4) is 0 Å². The second-order valence-electron chi connectivity index (χ2n) is 5.40. The van der Waals surface area contributed by atoms with Crippen LogP contribution in [0.5, 0.6) is 5.75 Å². The second kappa shape index (κ2) is 7.40. The molecule has 1 aromatic carbocycles. The summed E-state index contributed by atoms with van der Waals surface area (Å²) < 4.78 is 7.00. The van der Waals surface area contributed by atoms with Gasteiger partial charge in [0, 0.05) is 29.0 Å². The average molecular weight is 375 g/mol. The van der Waals surface area contributed by atoms with Crippen LogP contribution in [0.1, 0.15) is 23.0 Å². The van der Waals surface area contributed by atoms with Gasteiger partial charge in [0.25, 0.3) is 5.91 Å². The number of nitrogens with one attached hydrogen (secondary N) is 1. The van der Waals surface area contributed by atoms with Crippen LogP contribution < -0.4 is 10.1 Å². The first-order valence-corrected chi connectivity index (χ1v) is 8.18. The van der Waals surface area contributed by atoms with Gasteiger partial charge in [-0.2, -0.15) is 0 Å². The standard InChI is InChI=1S/C17H15ClN4O4/c1-2-26-15-4-3-11(7-14(15)22(24)25)17(23)19-9-13-10-21-6-5-12(18)8-16(21)20-13/h3-8,10H,2,9H2,1H3,(H,19,23). The summed E-state index contributed by atoms with van der Waals surface area (Å²) in [6.07, 6.45) is 3.54. The highest BCUT2D eigenvalue weighted by atomic mass is 35.5. The van der Waals surface area contributed by atoms with E-state index in [2.05, 4.69) is 10.3 Å². The first-order chi connectivity index (χ1) is 12.5. The molecule has 3 rings (SSSR count). The van der Waals surface area contributed by atoms with Crippen molar-refractivity contribution in [1.29, 1.82) is 0 Å². The Morgan fingerprint density at radius 2 is 2.19 bits per heavy atom. The molecule has 0 aliphatic heterocycles. The van der Waals surface area contributed by atoms with E-state index in [9.17, 15) is 14.9 Å². The van der Waals surface area contributed by atoms with Crippen molar-refractivity contribution in [2.24, 2.45) is 0 Å². The van der Waals surface area contributed by atoms with Gasteiger partial charge in [0.05, 0.1) is 23.8 Å². The highest BCUT2D eigenvalue weighted by Gasteiger charge is 2.18. The van der Waals surface area contributed by atoms with E-state index in [0.29, 0.717) is 23.0 Å². The molecule has 8 nitrogen and oxygen atoms in total. The third kappa shape index (κ3) is 3.75. The van der Waals surface area contributed by atoms with Gasteiger partial charge >= 0.3 is 5.69 Å². The van der Waals surface area contributed by atoms with Crippen LogP contribution in [0.15, 0.2) is 42.7 Å². The third-order valence-corrected chi connectivity index (χ3v) is 3.85. The Labute approximate surface area is 153 Å². The number of carbonyl (C=O) groups excluding carboxylic acids is 1. The van der Waals surface area contributed by atoms with E-state index in [0.717, 1.165) is 0 Å². The number of halogens is 1. The molecular formula is C17H15ClN4O4. The van der Waals surface area contributed by atoms with Crippen molar-refractivity contribution in [3.63, 3.8) is 0 Å². The fraction of sp³-hybridized carbons (Fsp3) is 0.176. The number of nitro groups is 1. The summed E-state index contributed by atoms with van der Waals surface area (Å²) in [6, 6.07) is 7.55. The molecule has 1 N–H and O–H groups in total. The van der Waals surface area contributed by atoms with E-state index in [4.69, 9.17) is 16.3 Å². The first kappa shape index (κ1) is 17.7. The molecule has 0 aliphatic rings. The van der Waals surface area contributed by atoms with Crippen LogP contribution in [-0.2, 0) is 6.54 Å². The van der Waals surface area contributed by atoms with Crippen molar-refractivity contribution in [2.75, 3.05) is 6.61 Å². The monoisotopic (exact) mass is 374 g/mol. The molecule has 1 amide bonds. The largest absolute Gasteiger partial charge is 0.487 e. The molecule has 3 aromatic rings. The fourth-order valence-corrected chi connectivity index (χ4v) is 2.60. The molecule has 0 radical (unpaired) electrons. The van der Waals surface area contributed by atoms with Crippen molar-refractivity contribution in [1.82, 2.24) is 14.7 Å². The Hall–Kier alpha value is -3.13. The van der Waals surface area contributed by atoms with E-state index >= 15 is 0 Å². The normalized spacial score (nSPS) is 10.7. The lowest BCUT2D eigenvalue weighted by Crippen LogP contribution is -2.23. The average Bonchev–Trinajstić information content (AvgIpc) is 3.02. The lowest BCUT2D eigenvalue weighted by molar-refractivity contribution is -0.385. The van der Waals surface area contributed by atoms with Gasteiger partial charge in [-0.3, -0.25) is 14.9 Å². The number of pyridine rings is 1. The molecule has 0 bridgehead atoms. The van der Waals surface area contributed by atoms with E-state index in [1.165, 1.54) is 18.2 Å². The smallest absolute Gasteiger partial charge is 0.311 e. The number of nitro benzene ring substituents is 1. The number of carbonyl (C=O) groups is 1. The minimum Gasteiger partial charge on any atom is -0.487 e.